The summed E-state index contributed by atoms with van der Waals surface area (Å²) in [7, 11) is 4.07. The van der Waals surface area contributed by atoms with E-state index in [2.05, 4.69) is 41.2 Å². The Hall–Kier alpha value is -1.70. The number of ether oxygens (including phenoxy) is 1. The van der Waals surface area contributed by atoms with Gasteiger partial charge in [-0.15, -0.1) is 0 Å². The van der Waals surface area contributed by atoms with Gasteiger partial charge in [-0.05, 0) is 44.6 Å². The lowest BCUT2D eigenvalue weighted by Crippen LogP contribution is -2.48. The van der Waals surface area contributed by atoms with Crippen molar-refractivity contribution >= 4 is 5.96 Å². The monoisotopic (exact) mass is 407 g/mol. The molecule has 1 aromatic rings. The Labute approximate surface area is 175 Å². The summed E-state index contributed by atoms with van der Waals surface area (Å²) in [5.74, 6) is 1.13. The number of guanidine groups is 1. The molecule has 0 amide bonds. The number of aliphatic imine (C=N–C) groups is 1. The van der Waals surface area contributed by atoms with E-state index in [1.54, 1.807) is 0 Å². The van der Waals surface area contributed by atoms with Crippen molar-refractivity contribution in [1.82, 2.24) is 20.4 Å². The first kappa shape index (κ1) is 23.6. The molecule has 0 radical (unpaired) electrons. The predicted molar refractivity (Wildman–Crippen MR) is 118 cm³/mol. The molecule has 2 unspecified atom stereocenters. The maximum atomic E-state index is 13.3. The highest BCUT2D eigenvalue weighted by Crippen LogP contribution is 2.18. The topological polar surface area (TPSA) is 52.1 Å². The van der Waals surface area contributed by atoms with Crippen LogP contribution < -0.4 is 10.6 Å². The molecule has 0 bridgehead atoms. The van der Waals surface area contributed by atoms with Gasteiger partial charge < -0.3 is 20.3 Å². The Kier molecular flexibility index (Phi) is 9.84. The quantitative estimate of drug-likeness (QED) is 0.486. The molecule has 1 aliphatic heterocycles. The third kappa shape index (κ3) is 7.57. The van der Waals surface area contributed by atoms with Crippen LogP contribution in [0.25, 0.3) is 0 Å². The number of nitrogens with one attached hydrogen (secondary N) is 2. The lowest BCUT2D eigenvalue weighted by atomic mass is 10.0. The molecular weight excluding hydrogens is 369 g/mol. The van der Waals surface area contributed by atoms with Crippen LogP contribution in [0.5, 0.6) is 0 Å². The molecule has 7 heteroatoms. The third-order valence-electron chi connectivity index (χ3n) is 5.41. The van der Waals surface area contributed by atoms with Crippen LogP contribution in [0.4, 0.5) is 4.39 Å². The summed E-state index contributed by atoms with van der Waals surface area (Å²) in [5.41, 5.74) is 1.08. The Morgan fingerprint density at radius 1 is 1.17 bits per heavy atom. The van der Waals surface area contributed by atoms with Crippen molar-refractivity contribution in [2.75, 3.05) is 60.0 Å². The van der Waals surface area contributed by atoms with Crippen molar-refractivity contribution in [2.24, 2.45) is 10.9 Å². The molecule has 0 aliphatic carbocycles. The number of rotatable bonds is 9. The van der Waals surface area contributed by atoms with E-state index in [1.807, 2.05) is 26.2 Å². The van der Waals surface area contributed by atoms with E-state index in [-0.39, 0.29) is 11.9 Å². The number of halogens is 1. The Bertz CT molecular complexity index is 614. The predicted octanol–water partition coefficient (Wildman–Crippen LogP) is 2.34. The molecular formula is C22H38FN5O. The zero-order valence-corrected chi connectivity index (χ0v) is 18.6. The van der Waals surface area contributed by atoms with Crippen LogP contribution in [0, 0.1) is 11.7 Å². The maximum Gasteiger partial charge on any atom is 0.191 e. The second-order valence-corrected chi connectivity index (χ2v) is 8.09. The van der Waals surface area contributed by atoms with Crippen molar-refractivity contribution in [3.05, 3.63) is 35.6 Å². The second-order valence-electron chi connectivity index (χ2n) is 8.09. The molecule has 29 heavy (non-hydrogen) atoms. The minimum atomic E-state index is -0.211. The molecule has 1 fully saturated rings. The number of hydrogen-bond donors (Lipinski definition) is 2. The van der Waals surface area contributed by atoms with Crippen LogP contribution in [0.2, 0.25) is 0 Å². The molecule has 0 saturated carbocycles. The van der Waals surface area contributed by atoms with Crippen LogP contribution in [-0.4, -0.2) is 81.8 Å². The fourth-order valence-corrected chi connectivity index (χ4v) is 3.66. The molecule has 2 atom stereocenters. The first-order valence-corrected chi connectivity index (χ1v) is 10.7. The molecule has 2 N–H and O–H groups in total. The molecule has 1 heterocycles. The largest absolute Gasteiger partial charge is 0.379 e. The van der Waals surface area contributed by atoms with Crippen molar-refractivity contribution in [3.63, 3.8) is 0 Å². The molecule has 1 aromatic carbocycles. The van der Waals surface area contributed by atoms with Gasteiger partial charge in [-0.3, -0.25) is 9.89 Å². The number of morpholine rings is 1. The number of hydrogen-bond acceptors (Lipinski definition) is 4. The first-order valence-electron chi connectivity index (χ1n) is 10.7. The van der Waals surface area contributed by atoms with Gasteiger partial charge in [0, 0.05) is 32.2 Å². The normalized spacial score (nSPS) is 18.1. The van der Waals surface area contributed by atoms with Crippen LogP contribution in [0.15, 0.2) is 29.3 Å². The SMILES string of the molecule is CCNC(=NCC(C(C)C)N1CCOCC1)NCC(c1ccc(F)cc1)N(C)C. The van der Waals surface area contributed by atoms with E-state index in [0.29, 0.717) is 18.5 Å². The fourth-order valence-electron chi connectivity index (χ4n) is 3.66. The van der Waals surface area contributed by atoms with Gasteiger partial charge in [-0.2, -0.15) is 0 Å². The van der Waals surface area contributed by atoms with Crippen molar-refractivity contribution in [1.29, 1.82) is 0 Å². The van der Waals surface area contributed by atoms with E-state index in [1.165, 1.54) is 12.1 Å². The van der Waals surface area contributed by atoms with Crippen LogP contribution in [0.1, 0.15) is 32.4 Å². The third-order valence-corrected chi connectivity index (χ3v) is 5.41. The zero-order chi connectivity index (χ0) is 21.2. The van der Waals surface area contributed by atoms with Crippen LogP contribution >= 0.6 is 0 Å². The van der Waals surface area contributed by atoms with E-state index >= 15 is 0 Å². The van der Waals surface area contributed by atoms with E-state index in [4.69, 9.17) is 9.73 Å². The molecule has 164 valence electrons. The minimum absolute atomic E-state index is 0.125. The van der Waals surface area contributed by atoms with Gasteiger partial charge in [0.2, 0.25) is 0 Å². The lowest BCUT2D eigenvalue weighted by molar-refractivity contribution is 0.00867. The first-order chi connectivity index (χ1) is 13.9. The van der Waals surface area contributed by atoms with Crippen molar-refractivity contribution in [2.45, 2.75) is 32.9 Å². The highest BCUT2D eigenvalue weighted by molar-refractivity contribution is 5.79. The second kappa shape index (κ2) is 12.1. The summed E-state index contributed by atoms with van der Waals surface area (Å²) in [6.07, 6.45) is 0. The van der Waals surface area contributed by atoms with Crippen LogP contribution in [0.3, 0.4) is 0 Å². The Morgan fingerprint density at radius 3 is 2.38 bits per heavy atom. The molecule has 1 aliphatic rings. The van der Waals surface area contributed by atoms with Gasteiger partial charge in [-0.25, -0.2) is 4.39 Å². The van der Waals surface area contributed by atoms with E-state index < -0.39 is 0 Å². The molecule has 0 aromatic heterocycles. The molecule has 1 saturated heterocycles. The summed E-state index contributed by atoms with van der Waals surface area (Å²) in [6.45, 7) is 12.4. The fraction of sp³-hybridized carbons (Fsp3) is 0.682. The van der Waals surface area contributed by atoms with Gasteiger partial charge in [-0.1, -0.05) is 26.0 Å². The lowest BCUT2D eigenvalue weighted by Gasteiger charge is -2.36. The highest BCUT2D eigenvalue weighted by atomic mass is 19.1. The summed E-state index contributed by atoms with van der Waals surface area (Å²) in [6, 6.07) is 7.25. The minimum Gasteiger partial charge on any atom is -0.379 e. The molecule has 0 spiro atoms. The molecule has 2 rings (SSSR count). The highest BCUT2D eigenvalue weighted by Gasteiger charge is 2.23. The van der Waals surface area contributed by atoms with Gasteiger partial charge in [0.1, 0.15) is 5.82 Å². The van der Waals surface area contributed by atoms with Gasteiger partial charge in [0.25, 0.3) is 0 Å². The Morgan fingerprint density at radius 2 is 1.83 bits per heavy atom. The average molecular weight is 408 g/mol. The van der Waals surface area contributed by atoms with Gasteiger partial charge in [0.15, 0.2) is 5.96 Å². The van der Waals surface area contributed by atoms with Crippen molar-refractivity contribution in [3.8, 4) is 0 Å². The van der Waals surface area contributed by atoms with Crippen LogP contribution in [-0.2, 0) is 4.74 Å². The summed E-state index contributed by atoms with van der Waals surface area (Å²) in [4.78, 5) is 9.50. The number of benzene rings is 1. The maximum absolute atomic E-state index is 13.3. The van der Waals surface area contributed by atoms with E-state index in [9.17, 15) is 4.39 Å². The summed E-state index contributed by atoms with van der Waals surface area (Å²) in [5, 5.41) is 6.82. The van der Waals surface area contributed by atoms with Crippen molar-refractivity contribution < 1.29 is 9.13 Å². The smallest absolute Gasteiger partial charge is 0.191 e. The van der Waals surface area contributed by atoms with Gasteiger partial charge in [0.05, 0.1) is 25.8 Å². The standard InChI is InChI=1S/C22H38FN5O/c1-6-24-22(25-15-20(17(2)3)28-11-13-29-14-12-28)26-16-21(27(4)5)18-7-9-19(23)10-8-18/h7-10,17,20-21H,6,11-16H2,1-5H3,(H2,24,25,26). The number of nitrogens with zero attached hydrogens (tertiary/aromatic N) is 3. The van der Waals surface area contributed by atoms with Gasteiger partial charge >= 0.3 is 0 Å². The average Bonchev–Trinajstić information content (AvgIpc) is 2.69. The van der Waals surface area contributed by atoms with E-state index in [0.717, 1.165) is 50.9 Å². The summed E-state index contributed by atoms with van der Waals surface area (Å²) >= 11 is 0. The summed E-state index contributed by atoms with van der Waals surface area (Å²) < 4.78 is 18.8. The number of likely N-dealkylation sites (N-methyl/N-ethyl adjacent to an activating group) is 1. The molecule has 6 nitrogen and oxygen atoms in total. The zero-order valence-electron chi connectivity index (χ0n) is 18.6. The Balaban J connectivity index is 2.03.